The number of carbonyl (C=O) groups is 2. The summed E-state index contributed by atoms with van der Waals surface area (Å²) in [6, 6.07) is 29.5. The zero-order valence-corrected chi connectivity index (χ0v) is 27.8. The molecule has 2 amide bonds. The molecule has 0 radical (unpaired) electrons. The molecule has 4 aromatic carbocycles. The van der Waals surface area contributed by atoms with E-state index in [-0.39, 0.29) is 23.8 Å². The monoisotopic (exact) mass is 641 g/mol. The third kappa shape index (κ3) is 8.97. The average molecular weight is 642 g/mol. The van der Waals surface area contributed by atoms with Gasteiger partial charge >= 0.3 is 0 Å². The van der Waals surface area contributed by atoms with Gasteiger partial charge in [-0.2, -0.15) is 0 Å². The smallest absolute Gasteiger partial charge is 0.264 e. The summed E-state index contributed by atoms with van der Waals surface area (Å²) in [5, 5.41) is 2.97. The summed E-state index contributed by atoms with van der Waals surface area (Å²) < 4.78 is 35.1. The van der Waals surface area contributed by atoms with E-state index >= 15 is 0 Å². The van der Waals surface area contributed by atoms with Crippen molar-refractivity contribution in [1.29, 1.82) is 0 Å². The number of rotatable bonds is 15. The normalized spacial score (nSPS) is 11.8. The van der Waals surface area contributed by atoms with Crippen molar-refractivity contribution in [3.8, 4) is 5.75 Å². The van der Waals surface area contributed by atoms with Gasteiger partial charge in [0.1, 0.15) is 18.3 Å². The van der Waals surface area contributed by atoms with E-state index in [1.54, 1.807) is 36.4 Å². The van der Waals surface area contributed by atoms with Crippen molar-refractivity contribution in [2.75, 3.05) is 24.0 Å². The molecule has 0 unspecified atom stereocenters. The number of nitrogens with one attached hydrogen (secondary N) is 1. The van der Waals surface area contributed by atoms with Crippen LogP contribution < -0.4 is 14.4 Å². The van der Waals surface area contributed by atoms with Gasteiger partial charge in [-0.3, -0.25) is 13.9 Å². The summed E-state index contributed by atoms with van der Waals surface area (Å²) in [6.07, 6.45) is 0.998. The van der Waals surface area contributed by atoms with Crippen LogP contribution in [0.5, 0.6) is 5.75 Å². The van der Waals surface area contributed by atoms with Crippen LogP contribution in [0, 0.1) is 13.8 Å². The molecular formula is C37H43N3O5S. The Morgan fingerprint density at radius 2 is 1.48 bits per heavy atom. The number of nitrogens with zero attached hydrogens (tertiary/aromatic N) is 2. The van der Waals surface area contributed by atoms with E-state index in [0.29, 0.717) is 24.6 Å². The molecule has 0 fully saturated rings. The Bertz CT molecular complexity index is 1690. The summed E-state index contributed by atoms with van der Waals surface area (Å²) >= 11 is 0. The quantitative estimate of drug-likeness (QED) is 0.170. The molecule has 0 heterocycles. The van der Waals surface area contributed by atoms with Crippen molar-refractivity contribution in [3.05, 3.63) is 125 Å². The molecule has 0 aliphatic rings. The molecule has 0 saturated carbocycles. The Balaban J connectivity index is 1.79. The van der Waals surface area contributed by atoms with Crippen molar-refractivity contribution in [2.24, 2.45) is 0 Å². The highest BCUT2D eigenvalue weighted by Gasteiger charge is 2.34. The highest BCUT2D eigenvalue weighted by atomic mass is 32.2. The predicted molar refractivity (Wildman–Crippen MR) is 182 cm³/mol. The highest BCUT2D eigenvalue weighted by Crippen LogP contribution is 2.27. The number of hydrogen-bond acceptors (Lipinski definition) is 5. The van der Waals surface area contributed by atoms with Crippen molar-refractivity contribution < 1.29 is 22.7 Å². The van der Waals surface area contributed by atoms with E-state index in [0.717, 1.165) is 33.0 Å². The Hall–Kier alpha value is -4.63. The molecule has 0 saturated heterocycles. The number of ether oxygens (including phenoxy) is 1. The molecule has 0 aliphatic heterocycles. The minimum atomic E-state index is -4.18. The van der Waals surface area contributed by atoms with Gasteiger partial charge in [-0.1, -0.05) is 84.8 Å². The number of benzene rings is 4. The second kappa shape index (κ2) is 16.1. The molecule has 1 N–H and O–H groups in total. The van der Waals surface area contributed by atoms with E-state index < -0.39 is 28.5 Å². The largest absolute Gasteiger partial charge is 0.494 e. The maximum Gasteiger partial charge on any atom is 0.264 e. The Labute approximate surface area is 273 Å². The molecule has 242 valence electrons. The van der Waals surface area contributed by atoms with Gasteiger partial charge in [-0.05, 0) is 74.7 Å². The van der Waals surface area contributed by atoms with Crippen LogP contribution in [-0.2, 0) is 32.6 Å². The van der Waals surface area contributed by atoms with Crippen molar-refractivity contribution in [3.63, 3.8) is 0 Å². The summed E-state index contributed by atoms with van der Waals surface area (Å²) in [5.74, 6) is -0.207. The lowest BCUT2D eigenvalue weighted by Crippen LogP contribution is -2.53. The fraction of sp³-hybridized carbons (Fsp3) is 0.297. The number of carbonyl (C=O) groups excluding carboxylic acids is 2. The molecule has 0 spiro atoms. The highest BCUT2D eigenvalue weighted by molar-refractivity contribution is 7.92. The number of amides is 2. The molecule has 4 rings (SSSR count). The van der Waals surface area contributed by atoms with Crippen molar-refractivity contribution in [1.82, 2.24) is 10.2 Å². The van der Waals surface area contributed by atoms with Gasteiger partial charge in [0.2, 0.25) is 11.8 Å². The second-order valence-corrected chi connectivity index (χ2v) is 13.1. The van der Waals surface area contributed by atoms with Crippen LogP contribution in [0.2, 0.25) is 0 Å². The van der Waals surface area contributed by atoms with Crippen LogP contribution in [0.4, 0.5) is 5.69 Å². The van der Waals surface area contributed by atoms with Gasteiger partial charge in [0, 0.05) is 19.5 Å². The van der Waals surface area contributed by atoms with Crippen molar-refractivity contribution in [2.45, 2.75) is 58.0 Å². The Morgan fingerprint density at radius 1 is 0.804 bits per heavy atom. The summed E-state index contributed by atoms with van der Waals surface area (Å²) in [7, 11) is -4.18. The topological polar surface area (TPSA) is 96.0 Å². The van der Waals surface area contributed by atoms with Crippen LogP contribution in [0.3, 0.4) is 0 Å². The maximum absolute atomic E-state index is 14.5. The third-order valence-electron chi connectivity index (χ3n) is 7.58. The summed E-state index contributed by atoms with van der Waals surface area (Å²) in [4.78, 5) is 29.9. The first-order valence-corrected chi connectivity index (χ1v) is 17.0. The Morgan fingerprint density at radius 3 is 2.11 bits per heavy atom. The predicted octanol–water partition coefficient (Wildman–Crippen LogP) is 6.06. The van der Waals surface area contributed by atoms with E-state index in [2.05, 4.69) is 5.32 Å². The zero-order chi connectivity index (χ0) is 33.1. The lowest BCUT2D eigenvalue weighted by atomic mass is 10.0. The standard InChI is InChI=1S/C37H43N3O5S/c1-5-23-38-37(42)35(25-30-12-8-7-9-13-30)39(26-31-14-10-11-29(4)24-31)36(41)27-40(32-17-19-33(20-18-32)45-6-2)46(43,44)34-21-15-28(3)16-22-34/h7-22,24,35H,5-6,23,25-27H2,1-4H3,(H,38,42)/t35-/m1/s1. The first-order valence-electron chi connectivity index (χ1n) is 15.6. The van der Waals surface area contributed by atoms with Gasteiger partial charge in [0.15, 0.2) is 0 Å². The van der Waals surface area contributed by atoms with Crippen LogP contribution in [0.1, 0.15) is 42.5 Å². The van der Waals surface area contributed by atoms with Gasteiger partial charge in [-0.15, -0.1) is 0 Å². The van der Waals surface area contributed by atoms with Gasteiger partial charge in [0.25, 0.3) is 10.0 Å². The molecule has 9 heteroatoms. The van der Waals surface area contributed by atoms with Gasteiger partial charge in [-0.25, -0.2) is 8.42 Å². The van der Waals surface area contributed by atoms with Crippen LogP contribution in [-0.4, -0.2) is 50.9 Å². The first-order chi connectivity index (χ1) is 22.1. The lowest BCUT2D eigenvalue weighted by Gasteiger charge is -2.34. The van der Waals surface area contributed by atoms with Crippen molar-refractivity contribution >= 4 is 27.5 Å². The molecule has 8 nitrogen and oxygen atoms in total. The Kier molecular flexibility index (Phi) is 12.0. The molecule has 0 aromatic heterocycles. The number of anilines is 1. The van der Waals surface area contributed by atoms with Gasteiger partial charge in [0.05, 0.1) is 17.2 Å². The number of aryl methyl sites for hydroxylation is 2. The van der Waals surface area contributed by atoms with Crippen LogP contribution in [0.15, 0.2) is 108 Å². The minimum absolute atomic E-state index is 0.0616. The minimum Gasteiger partial charge on any atom is -0.494 e. The zero-order valence-electron chi connectivity index (χ0n) is 27.0. The molecule has 46 heavy (non-hydrogen) atoms. The van der Waals surface area contributed by atoms with Crippen LogP contribution in [0.25, 0.3) is 0 Å². The van der Waals surface area contributed by atoms with Crippen LogP contribution >= 0.6 is 0 Å². The molecule has 0 bridgehead atoms. The third-order valence-corrected chi connectivity index (χ3v) is 9.37. The summed E-state index contributed by atoms with van der Waals surface area (Å²) in [6.45, 7) is 8.20. The average Bonchev–Trinajstić information content (AvgIpc) is 3.05. The molecule has 0 aliphatic carbocycles. The first kappa shape index (κ1) is 34.2. The fourth-order valence-electron chi connectivity index (χ4n) is 5.17. The van der Waals surface area contributed by atoms with Gasteiger partial charge < -0.3 is 15.0 Å². The molecular weight excluding hydrogens is 598 g/mol. The number of hydrogen-bond donors (Lipinski definition) is 1. The van der Waals surface area contributed by atoms with E-state index in [1.807, 2.05) is 82.3 Å². The van der Waals surface area contributed by atoms with E-state index in [4.69, 9.17) is 4.74 Å². The lowest BCUT2D eigenvalue weighted by molar-refractivity contribution is -0.140. The van der Waals surface area contributed by atoms with E-state index in [1.165, 1.54) is 17.0 Å². The fourth-order valence-corrected chi connectivity index (χ4v) is 6.58. The number of sulfonamides is 1. The summed E-state index contributed by atoms with van der Waals surface area (Å²) in [5.41, 5.74) is 3.95. The second-order valence-electron chi connectivity index (χ2n) is 11.3. The molecule has 4 aromatic rings. The maximum atomic E-state index is 14.5. The SMILES string of the molecule is CCCNC(=O)[C@@H](Cc1ccccc1)N(Cc1cccc(C)c1)C(=O)CN(c1ccc(OCC)cc1)S(=O)(=O)c1ccc(C)cc1. The molecule has 1 atom stereocenters. The van der Waals surface area contributed by atoms with E-state index in [9.17, 15) is 18.0 Å².